The van der Waals surface area contributed by atoms with Gasteiger partial charge in [0.05, 0.1) is 7.11 Å². The summed E-state index contributed by atoms with van der Waals surface area (Å²) in [5, 5.41) is 1.03. The van der Waals surface area contributed by atoms with Gasteiger partial charge in [-0.3, -0.25) is 9.63 Å². The maximum Gasteiger partial charge on any atom is 0.293 e. The van der Waals surface area contributed by atoms with E-state index in [4.69, 9.17) is 4.84 Å². The fourth-order valence-corrected chi connectivity index (χ4v) is 3.49. The maximum absolute atomic E-state index is 12.3. The highest BCUT2D eigenvalue weighted by atomic mass is 32.2. The van der Waals surface area contributed by atoms with Crippen molar-refractivity contribution >= 4 is 15.9 Å². The van der Waals surface area contributed by atoms with Crippen molar-refractivity contribution in [2.24, 2.45) is 0 Å². The summed E-state index contributed by atoms with van der Waals surface area (Å²) in [5.74, 6) is -0.426. The Hall–Kier alpha value is -1.38. The second-order valence-corrected chi connectivity index (χ2v) is 6.28. The Morgan fingerprint density at radius 3 is 2.63 bits per heavy atom. The predicted molar refractivity (Wildman–Crippen MR) is 67.9 cm³/mol. The second-order valence-electron chi connectivity index (χ2n) is 4.35. The van der Waals surface area contributed by atoms with Crippen LogP contribution in [0.15, 0.2) is 17.2 Å². The summed E-state index contributed by atoms with van der Waals surface area (Å²) in [7, 11) is -0.673. The van der Waals surface area contributed by atoms with Gasteiger partial charge in [0, 0.05) is 26.3 Å². The van der Waals surface area contributed by atoms with E-state index in [1.54, 1.807) is 0 Å². The average molecular weight is 287 g/mol. The van der Waals surface area contributed by atoms with Gasteiger partial charge in [-0.2, -0.15) is 4.31 Å². The summed E-state index contributed by atoms with van der Waals surface area (Å²) < 4.78 is 26.0. The molecule has 19 heavy (non-hydrogen) atoms. The third-order valence-electron chi connectivity index (χ3n) is 3.15. The zero-order valence-electron chi connectivity index (χ0n) is 10.9. The molecule has 1 fully saturated rings. The number of aromatic amines is 1. The maximum atomic E-state index is 12.3. The van der Waals surface area contributed by atoms with Crippen LogP contribution in [-0.2, 0) is 14.9 Å². The van der Waals surface area contributed by atoms with Gasteiger partial charge in [-0.15, -0.1) is 0 Å². The third-order valence-corrected chi connectivity index (χ3v) is 5.03. The van der Waals surface area contributed by atoms with Crippen molar-refractivity contribution in [1.29, 1.82) is 0 Å². The molecule has 0 aliphatic carbocycles. The second kappa shape index (κ2) is 5.32. The molecule has 1 amide bonds. The van der Waals surface area contributed by atoms with Crippen LogP contribution in [0.2, 0.25) is 0 Å². The average Bonchev–Trinajstić information content (AvgIpc) is 3.07. The van der Waals surface area contributed by atoms with Gasteiger partial charge in [0.2, 0.25) is 10.0 Å². The highest BCUT2D eigenvalue weighted by Crippen LogP contribution is 2.21. The van der Waals surface area contributed by atoms with Gasteiger partial charge in [0.15, 0.2) is 0 Å². The molecule has 1 aliphatic heterocycles. The van der Waals surface area contributed by atoms with Crippen molar-refractivity contribution < 1.29 is 18.0 Å². The summed E-state index contributed by atoms with van der Waals surface area (Å²) in [4.78, 5) is 19.3. The van der Waals surface area contributed by atoms with Crippen LogP contribution in [-0.4, -0.2) is 55.9 Å². The highest BCUT2D eigenvalue weighted by molar-refractivity contribution is 7.89. The standard InChI is InChI=1S/C11H17N3O4S/c1-13(18-2)11(15)10-7-9(8-12-10)19(16,17)14-5-3-4-6-14/h7-8,12H,3-6H2,1-2H3. The fourth-order valence-electron chi connectivity index (χ4n) is 1.98. The number of amides is 1. The molecule has 2 heterocycles. The van der Waals surface area contributed by atoms with Crippen LogP contribution in [0.3, 0.4) is 0 Å². The van der Waals surface area contributed by atoms with Crippen molar-refractivity contribution in [1.82, 2.24) is 14.4 Å². The zero-order chi connectivity index (χ0) is 14.0. The van der Waals surface area contributed by atoms with Crippen molar-refractivity contribution in [2.75, 3.05) is 27.2 Å². The largest absolute Gasteiger partial charge is 0.356 e. The predicted octanol–water partition coefficient (Wildman–Crippen LogP) is 0.433. The number of nitrogens with zero attached hydrogens (tertiary/aromatic N) is 2. The number of carbonyl (C=O) groups excluding carboxylic acids is 1. The molecule has 0 unspecified atom stereocenters. The van der Waals surface area contributed by atoms with E-state index in [9.17, 15) is 13.2 Å². The molecule has 7 nitrogen and oxygen atoms in total. The Morgan fingerprint density at radius 2 is 2.05 bits per heavy atom. The monoisotopic (exact) mass is 287 g/mol. The van der Waals surface area contributed by atoms with Gasteiger partial charge >= 0.3 is 0 Å². The molecule has 0 saturated carbocycles. The minimum Gasteiger partial charge on any atom is -0.356 e. The van der Waals surface area contributed by atoms with Gasteiger partial charge in [-0.1, -0.05) is 0 Å². The van der Waals surface area contributed by atoms with E-state index in [-0.39, 0.29) is 10.6 Å². The number of H-pyrrole nitrogens is 1. The van der Waals surface area contributed by atoms with Crippen molar-refractivity contribution in [2.45, 2.75) is 17.7 Å². The summed E-state index contributed by atoms with van der Waals surface area (Å²) in [6.07, 6.45) is 3.09. The molecule has 106 valence electrons. The van der Waals surface area contributed by atoms with Crippen LogP contribution >= 0.6 is 0 Å². The Morgan fingerprint density at radius 1 is 1.42 bits per heavy atom. The van der Waals surface area contributed by atoms with Gasteiger partial charge in [0.1, 0.15) is 10.6 Å². The van der Waals surface area contributed by atoms with Gasteiger partial charge in [0.25, 0.3) is 5.91 Å². The molecule has 0 bridgehead atoms. The van der Waals surface area contributed by atoms with Crippen molar-refractivity contribution in [3.05, 3.63) is 18.0 Å². The van der Waals surface area contributed by atoms with Crippen LogP contribution in [0.1, 0.15) is 23.3 Å². The normalized spacial score (nSPS) is 16.7. The molecule has 1 aromatic heterocycles. The van der Waals surface area contributed by atoms with E-state index in [1.165, 1.54) is 30.7 Å². The Kier molecular flexibility index (Phi) is 3.93. The third kappa shape index (κ3) is 2.65. The lowest BCUT2D eigenvalue weighted by Crippen LogP contribution is -2.27. The minimum absolute atomic E-state index is 0.113. The van der Waals surface area contributed by atoms with Crippen LogP contribution < -0.4 is 0 Å². The lowest BCUT2D eigenvalue weighted by atomic mass is 10.4. The molecule has 1 saturated heterocycles. The van der Waals surface area contributed by atoms with E-state index in [0.29, 0.717) is 13.1 Å². The van der Waals surface area contributed by atoms with E-state index in [1.807, 2.05) is 0 Å². The van der Waals surface area contributed by atoms with Crippen LogP contribution in [0.5, 0.6) is 0 Å². The van der Waals surface area contributed by atoms with Crippen LogP contribution in [0, 0.1) is 0 Å². The van der Waals surface area contributed by atoms with Gasteiger partial charge in [-0.25, -0.2) is 13.5 Å². The van der Waals surface area contributed by atoms with E-state index in [0.717, 1.165) is 17.9 Å². The number of sulfonamides is 1. The number of hydrogen-bond acceptors (Lipinski definition) is 4. The number of hydroxylamine groups is 2. The molecule has 8 heteroatoms. The van der Waals surface area contributed by atoms with Gasteiger partial charge in [-0.05, 0) is 18.9 Å². The van der Waals surface area contributed by atoms with Crippen molar-refractivity contribution in [3.63, 3.8) is 0 Å². The molecule has 1 aromatic rings. The quantitative estimate of drug-likeness (QED) is 0.814. The molecular formula is C11H17N3O4S. The lowest BCUT2D eigenvalue weighted by molar-refractivity contribution is -0.0760. The first kappa shape index (κ1) is 14.0. The minimum atomic E-state index is -3.49. The first-order valence-electron chi connectivity index (χ1n) is 5.97. The molecule has 0 atom stereocenters. The van der Waals surface area contributed by atoms with E-state index in [2.05, 4.69) is 4.98 Å². The smallest absolute Gasteiger partial charge is 0.293 e. The molecule has 1 N–H and O–H groups in total. The number of aromatic nitrogens is 1. The first-order valence-corrected chi connectivity index (χ1v) is 7.41. The summed E-state index contributed by atoms with van der Waals surface area (Å²) in [6.45, 7) is 1.07. The number of nitrogens with one attached hydrogen (secondary N) is 1. The first-order chi connectivity index (χ1) is 8.96. The Balaban J connectivity index is 2.23. The molecule has 0 spiro atoms. The number of hydrogen-bond donors (Lipinski definition) is 1. The molecule has 1 aliphatic rings. The van der Waals surface area contributed by atoms with E-state index < -0.39 is 15.9 Å². The SMILES string of the molecule is CON(C)C(=O)c1cc(S(=O)(=O)N2CCCC2)c[nH]1. The summed E-state index contributed by atoms with van der Waals surface area (Å²) in [5.41, 5.74) is 0.183. The zero-order valence-corrected chi connectivity index (χ0v) is 11.7. The number of carbonyl (C=O) groups is 1. The summed E-state index contributed by atoms with van der Waals surface area (Å²) >= 11 is 0. The Labute approximate surface area is 112 Å². The summed E-state index contributed by atoms with van der Waals surface area (Å²) in [6, 6.07) is 1.34. The topological polar surface area (TPSA) is 82.7 Å². The van der Waals surface area contributed by atoms with E-state index >= 15 is 0 Å². The number of rotatable bonds is 4. The molecular weight excluding hydrogens is 270 g/mol. The molecule has 2 rings (SSSR count). The highest BCUT2D eigenvalue weighted by Gasteiger charge is 2.29. The lowest BCUT2D eigenvalue weighted by Gasteiger charge is -2.14. The molecule has 0 aromatic carbocycles. The van der Waals surface area contributed by atoms with Gasteiger partial charge < -0.3 is 4.98 Å². The molecule has 0 radical (unpaired) electrons. The fraction of sp³-hybridized carbons (Fsp3) is 0.545. The van der Waals surface area contributed by atoms with Crippen LogP contribution in [0.4, 0.5) is 0 Å². The van der Waals surface area contributed by atoms with Crippen molar-refractivity contribution in [3.8, 4) is 0 Å². The Bertz CT molecular complexity index is 560. The van der Waals surface area contributed by atoms with Crippen LogP contribution in [0.25, 0.3) is 0 Å².